The molecular weight excluding hydrogens is 433 g/mol. The maximum Gasteiger partial charge on any atom is 0.416 e. The second kappa shape index (κ2) is 9.55. The van der Waals surface area contributed by atoms with Gasteiger partial charge < -0.3 is 14.3 Å². The highest BCUT2D eigenvalue weighted by atomic mass is 35.5. The first kappa shape index (κ1) is 23.1. The zero-order valence-electron chi connectivity index (χ0n) is 15.5. The largest absolute Gasteiger partial charge is 0.456 e. The molecule has 12 heteroatoms. The van der Waals surface area contributed by atoms with Gasteiger partial charge in [0.25, 0.3) is 5.69 Å². The van der Waals surface area contributed by atoms with Crippen LogP contribution in [0.3, 0.4) is 0 Å². The Kier molecular flexibility index (Phi) is 7.35. The number of rotatable bonds is 7. The van der Waals surface area contributed by atoms with Gasteiger partial charge in [0.15, 0.2) is 0 Å². The van der Waals surface area contributed by atoms with Crippen LogP contribution in [0.4, 0.5) is 18.9 Å². The lowest BCUT2D eigenvalue weighted by Crippen LogP contribution is -2.13. The van der Waals surface area contributed by atoms with E-state index in [0.29, 0.717) is 6.07 Å². The summed E-state index contributed by atoms with van der Waals surface area (Å²) in [6.07, 6.45) is -4.58. The van der Waals surface area contributed by atoms with Crippen molar-refractivity contribution in [3.8, 4) is 11.5 Å². The van der Waals surface area contributed by atoms with Gasteiger partial charge in [-0.1, -0.05) is 16.8 Å². The molecule has 160 valence electrons. The number of carbonyl (C=O) groups is 1. The fourth-order valence-corrected chi connectivity index (χ4v) is 2.48. The van der Waals surface area contributed by atoms with Gasteiger partial charge in [-0.2, -0.15) is 13.2 Å². The van der Waals surface area contributed by atoms with Crippen molar-refractivity contribution in [1.82, 2.24) is 0 Å². The lowest BCUT2D eigenvalue weighted by molar-refractivity contribution is -0.385. The van der Waals surface area contributed by atoms with Gasteiger partial charge in [0.2, 0.25) is 0 Å². The van der Waals surface area contributed by atoms with Crippen LogP contribution >= 0.6 is 11.6 Å². The van der Waals surface area contributed by atoms with E-state index < -0.39 is 22.6 Å². The van der Waals surface area contributed by atoms with E-state index in [1.54, 1.807) is 0 Å². The van der Waals surface area contributed by atoms with Gasteiger partial charge in [-0.05, 0) is 30.3 Å². The third kappa shape index (κ3) is 5.91. The van der Waals surface area contributed by atoms with Crippen LogP contribution in [0.5, 0.6) is 11.5 Å². The molecule has 0 saturated heterocycles. The molecule has 0 amide bonds. The predicted octanol–water partition coefficient (Wildman–Crippen LogP) is 4.97. The molecule has 0 atom stereocenters. The third-order valence-electron chi connectivity index (χ3n) is 3.53. The van der Waals surface area contributed by atoms with E-state index in [4.69, 9.17) is 21.1 Å². The van der Waals surface area contributed by atoms with Crippen molar-refractivity contribution < 1.29 is 37.2 Å². The predicted molar refractivity (Wildman–Crippen MR) is 99.8 cm³/mol. The van der Waals surface area contributed by atoms with Crippen molar-refractivity contribution >= 4 is 29.0 Å². The number of ether oxygens (including phenoxy) is 2. The topological polar surface area (TPSA) is 100 Å². The minimum Gasteiger partial charge on any atom is -0.456 e. The number of hydrogen-bond acceptors (Lipinski definition) is 7. The van der Waals surface area contributed by atoms with Crippen LogP contribution in [0, 0.1) is 10.1 Å². The van der Waals surface area contributed by atoms with Crippen molar-refractivity contribution in [1.29, 1.82) is 0 Å². The number of nitro benzene ring substituents is 1. The molecule has 2 aromatic rings. The van der Waals surface area contributed by atoms with Gasteiger partial charge >= 0.3 is 12.1 Å². The van der Waals surface area contributed by atoms with Crippen LogP contribution in [-0.4, -0.2) is 30.3 Å². The molecule has 0 spiro atoms. The molecule has 2 rings (SSSR count). The van der Waals surface area contributed by atoms with Crippen LogP contribution in [0.15, 0.2) is 41.6 Å². The number of nitrogens with zero attached hydrogens (tertiary/aromatic N) is 2. The Hall–Kier alpha value is -3.18. The lowest BCUT2D eigenvalue weighted by Gasteiger charge is -2.12. The van der Waals surface area contributed by atoms with Crippen molar-refractivity contribution in [2.75, 3.05) is 13.7 Å². The van der Waals surface area contributed by atoms with E-state index in [2.05, 4.69) is 9.99 Å². The molecule has 0 heterocycles. The molecule has 2 aromatic carbocycles. The Morgan fingerprint density at radius 1 is 1.23 bits per heavy atom. The van der Waals surface area contributed by atoms with Gasteiger partial charge in [-0.15, -0.1) is 0 Å². The summed E-state index contributed by atoms with van der Waals surface area (Å²) in [5.41, 5.74) is -1.50. The van der Waals surface area contributed by atoms with E-state index in [1.165, 1.54) is 19.2 Å². The minimum absolute atomic E-state index is 0.0175. The zero-order chi connectivity index (χ0) is 22.5. The van der Waals surface area contributed by atoms with Crippen molar-refractivity contribution in [2.45, 2.75) is 13.1 Å². The molecule has 0 fully saturated rings. The second-order valence-corrected chi connectivity index (χ2v) is 6.14. The molecule has 0 unspecified atom stereocenters. The summed E-state index contributed by atoms with van der Waals surface area (Å²) >= 11 is 5.87. The standard InChI is InChI=1S/C18H14ClF3N2O6/c1-10(25)30-23-15(9-28-2)13-8-12(4-5-16(13)24(26)27)29-17-6-3-11(7-14(17)19)18(20,21)22/h3-8H,9H2,1-2H3. The molecule has 0 aromatic heterocycles. The van der Waals surface area contributed by atoms with Gasteiger partial charge in [0, 0.05) is 20.1 Å². The number of benzene rings is 2. The summed E-state index contributed by atoms with van der Waals surface area (Å²) in [6, 6.07) is 6.03. The molecular formula is C18H14ClF3N2O6. The monoisotopic (exact) mass is 446 g/mol. The maximum atomic E-state index is 12.8. The van der Waals surface area contributed by atoms with Gasteiger partial charge in [-0.25, -0.2) is 4.79 Å². The molecule has 8 nitrogen and oxygen atoms in total. The summed E-state index contributed by atoms with van der Waals surface area (Å²) in [7, 11) is 1.30. The van der Waals surface area contributed by atoms with Crippen molar-refractivity contribution in [2.24, 2.45) is 5.16 Å². The number of carbonyl (C=O) groups excluding carboxylic acids is 1. The molecule has 0 aliphatic heterocycles. The summed E-state index contributed by atoms with van der Waals surface area (Å²) in [5, 5.41) is 14.6. The van der Waals surface area contributed by atoms with Gasteiger partial charge in [0.1, 0.15) is 17.2 Å². The fourth-order valence-electron chi connectivity index (χ4n) is 2.27. The number of oxime groups is 1. The third-order valence-corrected chi connectivity index (χ3v) is 3.82. The quantitative estimate of drug-likeness (QED) is 0.257. The summed E-state index contributed by atoms with van der Waals surface area (Å²) < 4.78 is 48.7. The van der Waals surface area contributed by atoms with Crippen LogP contribution in [0.1, 0.15) is 18.1 Å². The van der Waals surface area contributed by atoms with Crippen LogP contribution < -0.4 is 4.74 Å². The number of hydrogen-bond donors (Lipinski definition) is 0. The van der Waals surface area contributed by atoms with E-state index in [1.807, 2.05) is 0 Å². The Morgan fingerprint density at radius 3 is 2.47 bits per heavy atom. The first-order valence-corrected chi connectivity index (χ1v) is 8.47. The smallest absolute Gasteiger partial charge is 0.416 e. The van der Waals surface area contributed by atoms with E-state index in [0.717, 1.165) is 25.1 Å². The van der Waals surface area contributed by atoms with Gasteiger partial charge in [-0.3, -0.25) is 10.1 Å². The molecule has 0 aliphatic rings. The molecule has 0 N–H and O–H groups in total. The fraction of sp³-hybridized carbons (Fsp3) is 0.222. The first-order chi connectivity index (χ1) is 14.0. The molecule has 0 aliphatic carbocycles. The highest BCUT2D eigenvalue weighted by molar-refractivity contribution is 6.32. The normalized spacial score (nSPS) is 11.9. The SMILES string of the molecule is COCC(=NOC(C)=O)c1cc(Oc2ccc(C(F)(F)F)cc2Cl)ccc1[N+](=O)[O-]. The summed E-state index contributed by atoms with van der Waals surface area (Å²) in [4.78, 5) is 26.2. The second-order valence-electron chi connectivity index (χ2n) is 5.73. The molecule has 30 heavy (non-hydrogen) atoms. The number of nitro groups is 1. The Balaban J connectivity index is 2.46. The highest BCUT2D eigenvalue weighted by Gasteiger charge is 2.31. The Morgan fingerprint density at radius 2 is 1.93 bits per heavy atom. The molecule has 0 saturated carbocycles. The Labute approximate surface area is 172 Å². The highest BCUT2D eigenvalue weighted by Crippen LogP contribution is 2.37. The van der Waals surface area contributed by atoms with Crippen LogP contribution in [0.25, 0.3) is 0 Å². The molecule has 0 bridgehead atoms. The van der Waals surface area contributed by atoms with Crippen LogP contribution in [0.2, 0.25) is 5.02 Å². The number of methoxy groups -OCH3 is 1. The van der Waals surface area contributed by atoms with Crippen LogP contribution in [-0.2, 0) is 20.5 Å². The number of alkyl halides is 3. The van der Waals surface area contributed by atoms with E-state index in [9.17, 15) is 28.1 Å². The zero-order valence-corrected chi connectivity index (χ0v) is 16.3. The number of halogens is 4. The Bertz CT molecular complexity index is 994. The average molecular weight is 447 g/mol. The average Bonchev–Trinajstić information content (AvgIpc) is 2.65. The van der Waals surface area contributed by atoms with E-state index >= 15 is 0 Å². The molecule has 0 radical (unpaired) electrons. The summed E-state index contributed by atoms with van der Waals surface area (Å²) in [6.45, 7) is 0.854. The van der Waals surface area contributed by atoms with Crippen molar-refractivity contribution in [3.63, 3.8) is 0 Å². The first-order valence-electron chi connectivity index (χ1n) is 8.09. The summed E-state index contributed by atoms with van der Waals surface area (Å²) in [5.74, 6) is -0.839. The lowest BCUT2D eigenvalue weighted by atomic mass is 10.1. The van der Waals surface area contributed by atoms with Gasteiger partial charge in [0.05, 0.1) is 27.7 Å². The maximum absolute atomic E-state index is 12.8. The van der Waals surface area contributed by atoms with E-state index in [-0.39, 0.29) is 40.1 Å². The van der Waals surface area contributed by atoms with Crippen molar-refractivity contribution in [3.05, 3.63) is 62.7 Å². The minimum atomic E-state index is -4.58.